The normalized spacial score (nSPS) is 24.8. The summed E-state index contributed by atoms with van der Waals surface area (Å²) in [5.74, 6) is 0.973. The summed E-state index contributed by atoms with van der Waals surface area (Å²) in [5, 5.41) is 39.7. The van der Waals surface area contributed by atoms with E-state index in [4.69, 9.17) is 14.2 Å². The van der Waals surface area contributed by atoms with E-state index in [9.17, 15) is 25.1 Å². The van der Waals surface area contributed by atoms with E-state index in [0.29, 0.717) is 59.6 Å². The molecule has 2 bridgehead atoms. The number of fused-ring (bicyclic) bond motifs is 9. The Morgan fingerprint density at radius 1 is 1.15 bits per heavy atom. The predicted molar refractivity (Wildman–Crippen MR) is 163 cm³/mol. The van der Waals surface area contributed by atoms with Gasteiger partial charge in [-0.05, 0) is 58.2 Å². The first-order valence-electron chi connectivity index (χ1n) is 15.5. The van der Waals surface area contributed by atoms with Crippen molar-refractivity contribution in [2.75, 3.05) is 27.5 Å². The summed E-state index contributed by atoms with van der Waals surface area (Å²) in [6, 6.07) is 1.74. The van der Waals surface area contributed by atoms with Gasteiger partial charge in [-0.15, -0.1) is 0 Å². The Labute approximate surface area is 304 Å². The molecule has 1 fully saturated rings. The fourth-order valence-corrected chi connectivity index (χ4v) is 8.00. The van der Waals surface area contributed by atoms with Crippen molar-refractivity contribution >= 4 is 11.8 Å². The zero-order valence-corrected chi connectivity index (χ0v) is 31.9. The number of phenols is 2. The Morgan fingerprint density at radius 3 is 2.54 bits per heavy atom. The average Bonchev–Trinajstić information content (AvgIpc) is 3.49. The van der Waals surface area contributed by atoms with Crippen LogP contribution in [0.15, 0.2) is 6.07 Å². The summed E-state index contributed by atoms with van der Waals surface area (Å²) in [5.41, 5.74) is 4.44. The Kier molecular flexibility index (Phi) is 10.1. The molecule has 0 spiro atoms. The number of benzene rings is 2. The first-order chi connectivity index (χ1) is 21.5. The van der Waals surface area contributed by atoms with Gasteiger partial charge in [-0.3, -0.25) is 19.4 Å². The molecule has 243 valence electrons. The van der Waals surface area contributed by atoms with Crippen LogP contribution >= 0.6 is 0 Å². The predicted octanol–water partition coefficient (Wildman–Crippen LogP) is 2.64. The largest absolute Gasteiger partial charge is 0.507 e. The van der Waals surface area contributed by atoms with Gasteiger partial charge in [0.15, 0.2) is 23.0 Å². The van der Waals surface area contributed by atoms with Gasteiger partial charge in [-0.25, -0.2) is 0 Å². The molecular formula is C33H41AcN5O7. The molecule has 4 aliphatic heterocycles. The zero-order chi connectivity index (χ0) is 32.3. The van der Waals surface area contributed by atoms with Crippen LogP contribution in [0.1, 0.15) is 72.2 Å². The molecule has 6 rings (SSSR count). The van der Waals surface area contributed by atoms with Crippen LogP contribution in [0.2, 0.25) is 0 Å². The van der Waals surface area contributed by atoms with Crippen LogP contribution in [-0.4, -0.2) is 83.5 Å². The summed E-state index contributed by atoms with van der Waals surface area (Å²) in [6.45, 7) is 7.29. The summed E-state index contributed by atoms with van der Waals surface area (Å²) in [4.78, 5) is 29.8. The first-order valence-corrected chi connectivity index (χ1v) is 15.5. The Morgan fingerprint density at radius 2 is 1.87 bits per heavy atom. The second-order valence-corrected chi connectivity index (χ2v) is 12.6. The summed E-state index contributed by atoms with van der Waals surface area (Å²) >= 11 is 0. The van der Waals surface area contributed by atoms with Crippen LogP contribution in [0.4, 0.5) is 0 Å². The Hall–Kier alpha value is -2.77. The van der Waals surface area contributed by atoms with E-state index in [2.05, 4.69) is 26.5 Å². The minimum absolute atomic E-state index is 0. The number of ether oxygens (including phenoxy) is 3. The van der Waals surface area contributed by atoms with Crippen molar-refractivity contribution in [2.24, 2.45) is 0 Å². The van der Waals surface area contributed by atoms with Gasteiger partial charge in [0.25, 0.3) is 0 Å². The van der Waals surface area contributed by atoms with Crippen molar-refractivity contribution in [1.82, 2.24) is 20.4 Å². The number of carbonyl (C=O) groups excluding carboxylic acids is 2. The van der Waals surface area contributed by atoms with Gasteiger partial charge in [-0.2, -0.15) is 5.26 Å². The quantitative estimate of drug-likeness (QED) is 0.327. The molecule has 1 saturated heterocycles. The van der Waals surface area contributed by atoms with E-state index in [1.54, 1.807) is 13.8 Å². The number of likely N-dealkylation sites (N-methyl/N-ethyl adjacent to an activating group) is 1. The molecule has 0 saturated carbocycles. The number of methoxy groups -OCH3 is 1. The molecule has 6 atom stereocenters. The second-order valence-electron chi connectivity index (χ2n) is 12.6. The number of nitrogens with one attached hydrogen (secondary N) is 2. The monoisotopic (exact) mass is 846 g/mol. The second kappa shape index (κ2) is 13.4. The minimum atomic E-state index is -0.766. The van der Waals surface area contributed by atoms with Gasteiger partial charge in [0.1, 0.15) is 17.8 Å². The third-order valence-electron chi connectivity index (χ3n) is 10.0. The van der Waals surface area contributed by atoms with Crippen LogP contribution in [0.5, 0.6) is 28.7 Å². The topological polar surface area (TPSA) is 157 Å². The van der Waals surface area contributed by atoms with Gasteiger partial charge < -0.3 is 35.1 Å². The van der Waals surface area contributed by atoms with E-state index >= 15 is 0 Å². The number of amides is 2. The van der Waals surface area contributed by atoms with Gasteiger partial charge in [0, 0.05) is 91.4 Å². The number of aromatic hydroxyl groups is 2. The fraction of sp³-hybridized carbons (Fsp3) is 0.545. The molecule has 4 N–H and O–H groups in total. The van der Waals surface area contributed by atoms with Crippen LogP contribution in [-0.2, 0) is 22.4 Å². The third-order valence-corrected chi connectivity index (χ3v) is 10.0. The summed E-state index contributed by atoms with van der Waals surface area (Å²) in [7, 11) is 3.51. The van der Waals surface area contributed by atoms with E-state index in [1.807, 2.05) is 27.0 Å². The number of nitrogens with zero attached hydrogens (tertiary/aromatic N) is 3. The number of rotatable bonds is 7. The van der Waals surface area contributed by atoms with Crippen molar-refractivity contribution < 1.29 is 78.1 Å². The molecule has 1 unspecified atom stereocenters. The average molecular weight is 847 g/mol. The van der Waals surface area contributed by atoms with Crippen LogP contribution in [0.3, 0.4) is 0 Å². The molecular weight excluding hydrogens is 805 g/mol. The van der Waals surface area contributed by atoms with Crippen LogP contribution in [0, 0.1) is 69.2 Å². The maximum absolute atomic E-state index is 13.3. The van der Waals surface area contributed by atoms with E-state index in [-0.39, 0.29) is 98.8 Å². The van der Waals surface area contributed by atoms with E-state index in [1.165, 1.54) is 7.11 Å². The molecule has 12 nitrogen and oxygen atoms in total. The number of hydrogen-bond donors (Lipinski definition) is 4. The van der Waals surface area contributed by atoms with E-state index in [0.717, 1.165) is 16.7 Å². The summed E-state index contributed by atoms with van der Waals surface area (Å²) in [6.07, 6.45) is 1.89. The van der Waals surface area contributed by atoms with Crippen molar-refractivity contribution in [1.29, 1.82) is 5.26 Å². The maximum Gasteiger partial charge on any atom is 0.242 e. The van der Waals surface area contributed by atoms with Crippen molar-refractivity contribution in [2.45, 2.75) is 89.6 Å². The number of phenolic OH excluding ortho intramolecular Hbond substituents is 2. The molecule has 2 amide bonds. The number of aryl methyl sites for hydroxylation is 1. The fourth-order valence-electron chi connectivity index (χ4n) is 8.00. The van der Waals surface area contributed by atoms with Crippen LogP contribution in [0.25, 0.3) is 0 Å². The van der Waals surface area contributed by atoms with E-state index < -0.39 is 18.1 Å². The molecule has 2 aromatic carbocycles. The minimum Gasteiger partial charge on any atom is -0.507 e. The van der Waals surface area contributed by atoms with Crippen molar-refractivity contribution in [3.05, 3.63) is 39.4 Å². The number of piperazine rings is 1. The molecule has 0 aliphatic carbocycles. The smallest absolute Gasteiger partial charge is 0.242 e. The zero-order valence-electron chi connectivity index (χ0n) is 27.1. The number of hydrogen-bond acceptors (Lipinski definition) is 10. The molecule has 46 heavy (non-hydrogen) atoms. The van der Waals surface area contributed by atoms with Gasteiger partial charge >= 0.3 is 0 Å². The number of nitriles is 1. The first kappa shape index (κ1) is 34.6. The standard InChI is InChI=1S/C33H41N5O7.Ac/c1-7-8-24(39)36-17(4)33(42)35-13-23-26-19(28(40)16(3)31-32(26)45-14-44-31)11-21-27-25-18(9-15(2)30(43-6)29(25)41)10-20(37(27)5)22(12-34)38(21)23;/h9,17,20-23,27,40-41H,7-8,10-11,13-14H2,1-6H3,(H,35,42)(H,36,39);/t17-,20-,21?,22-,23-,27-;/m0./s1. The molecule has 1 radical (unpaired) electrons. The van der Waals surface area contributed by atoms with Gasteiger partial charge in [0.2, 0.25) is 18.6 Å². The SMILES string of the molecule is CCCC(=O)N[C@@H](C)C(=O)NC[C@H]1c2c(c(O)c(C)c3c2OCO3)CC2[C@H]3c4c(cc(C)c(OC)c4O)C[C@@H]([C@H](C#N)N21)N3C.[Ac]. The Bertz CT molecular complexity index is 1610. The number of carbonyl (C=O) groups is 2. The summed E-state index contributed by atoms with van der Waals surface area (Å²) < 4.78 is 17.4. The molecule has 4 heterocycles. The van der Waals surface area contributed by atoms with Gasteiger partial charge in [0.05, 0.1) is 25.3 Å². The molecule has 0 aromatic heterocycles. The molecule has 2 aromatic rings. The maximum atomic E-state index is 13.3. The van der Waals surface area contributed by atoms with Crippen LogP contribution < -0.4 is 24.8 Å². The Balaban J connectivity index is 0.00000417. The van der Waals surface area contributed by atoms with Gasteiger partial charge in [-0.1, -0.05) is 13.0 Å². The van der Waals surface area contributed by atoms with Crippen molar-refractivity contribution in [3.8, 4) is 34.8 Å². The third kappa shape index (κ3) is 5.39. The molecule has 13 heteroatoms. The van der Waals surface area contributed by atoms with Crippen molar-refractivity contribution in [3.63, 3.8) is 0 Å². The molecule has 4 aliphatic rings.